The maximum atomic E-state index is 5.50. The van der Waals surface area contributed by atoms with Crippen LogP contribution in [-0.4, -0.2) is 48.7 Å². The maximum absolute atomic E-state index is 5.50. The highest BCUT2D eigenvalue weighted by molar-refractivity contribution is 5.33. The summed E-state index contributed by atoms with van der Waals surface area (Å²) in [5.74, 6) is 1.18. The largest absolute Gasteiger partial charge is 0.379 e. The van der Waals surface area contributed by atoms with Crippen LogP contribution in [0, 0.1) is 11.8 Å². The van der Waals surface area contributed by atoms with Crippen LogP contribution in [0.1, 0.15) is 41.5 Å². The third-order valence-electron chi connectivity index (χ3n) is 5.16. The standard InChI is InChI=1S/C18H32N2O/c1-7-19-12-17(13(2)3)14(4)15(5)18(19)16(6)20-8-10-21-11-9-20/h12-14,16H,7-11H2,1-6H3. The first kappa shape index (κ1) is 16.6. The van der Waals surface area contributed by atoms with Crippen LogP contribution in [0.2, 0.25) is 0 Å². The molecule has 1 fully saturated rings. The summed E-state index contributed by atoms with van der Waals surface area (Å²) >= 11 is 0. The molecule has 0 radical (unpaired) electrons. The van der Waals surface area contributed by atoms with Gasteiger partial charge in [-0.3, -0.25) is 4.90 Å². The summed E-state index contributed by atoms with van der Waals surface area (Å²) in [7, 11) is 0. The highest BCUT2D eigenvalue weighted by Gasteiger charge is 2.30. The Bertz CT molecular complexity index is 419. The van der Waals surface area contributed by atoms with Crippen LogP contribution >= 0.6 is 0 Å². The van der Waals surface area contributed by atoms with Crippen LogP contribution in [0.3, 0.4) is 0 Å². The van der Waals surface area contributed by atoms with Crippen LogP contribution in [0.5, 0.6) is 0 Å². The maximum Gasteiger partial charge on any atom is 0.0594 e. The predicted molar refractivity (Wildman–Crippen MR) is 89.0 cm³/mol. The molecular formula is C18H32N2O. The van der Waals surface area contributed by atoms with Gasteiger partial charge in [0.05, 0.1) is 13.2 Å². The Balaban J connectivity index is 2.27. The molecule has 1 saturated heterocycles. The Morgan fingerprint density at radius 2 is 1.86 bits per heavy atom. The highest BCUT2D eigenvalue weighted by Crippen LogP contribution is 2.36. The molecule has 2 unspecified atom stereocenters. The van der Waals surface area contributed by atoms with Crippen LogP contribution in [-0.2, 0) is 4.74 Å². The van der Waals surface area contributed by atoms with Gasteiger partial charge in [0.15, 0.2) is 0 Å². The van der Waals surface area contributed by atoms with Gasteiger partial charge in [0.1, 0.15) is 0 Å². The number of nitrogens with zero attached hydrogens (tertiary/aromatic N) is 2. The SMILES string of the molecule is CCN1C=C(C(C)C)C(C)C(C)=C1C(C)N1CCOCC1. The van der Waals surface area contributed by atoms with Crippen molar-refractivity contribution in [3.05, 3.63) is 23.0 Å². The summed E-state index contributed by atoms with van der Waals surface area (Å²) in [4.78, 5) is 5.04. The topological polar surface area (TPSA) is 15.7 Å². The second kappa shape index (κ2) is 6.97. The summed E-state index contributed by atoms with van der Waals surface area (Å²) in [6, 6.07) is 0.473. The molecule has 0 aromatic heterocycles. The molecule has 0 bridgehead atoms. The van der Waals surface area contributed by atoms with Crippen molar-refractivity contribution in [3.63, 3.8) is 0 Å². The van der Waals surface area contributed by atoms with Gasteiger partial charge in [-0.25, -0.2) is 0 Å². The van der Waals surface area contributed by atoms with E-state index in [4.69, 9.17) is 4.74 Å². The molecule has 0 aromatic carbocycles. The van der Waals surface area contributed by atoms with Crippen molar-refractivity contribution in [2.24, 2.45) is 11.8 Å². The first-order valence-corrected chi connectivity index (χ1v) is 8.48. The van der Waals surface area contributed by atoms with Gasteiger partial charge in [-0.1, -0.05) is 20.8 Å². The second-order valence-electron chi connectivity index (χ2n) is 6.68. The number of likely N-dealkylation sites (N-methyl/N-ethyl adjacent to an activating group) is 1. The van der Waals surface area contributed by atoms with E-state index < -0.39 is 0 Å². The zero-order valence-electron chi connectivity index (χ0n) is 14.6. The zero-order chi connectivity index (χ0) is 15.6. The van der Waals surface area contributed by atoms with Gasteiger partial charge in [-0.2, -0.15) is 0 Å². The summed E-state index contributed by atoms with van der Waals surface area (Å²) in [5, 5.41) is 0. The molecule has 2 heterocycles. The van der Waals surface area contributed by atoms with E-state index in [-0.39, 0.29) is 0 Å². The molecule has 2 rings (SSSR count). The molecule has 0 saturated carbocycles. The fourth-order valence-electron chi connectivity index (χ4n) is 3.68. The quantitative estimate of drug-likeness (QED) is 0.789. The molecule has 0 aromatic rings. The monoisotopic (exact) mass is 292 g/mol. The molecule has 2 aliphatic rings. The number of allylic oxidation sites excluding steroid dienone is 2. The Morgan fingerprint density at radius 1 is 1.24 bits per heavy atom. The van der Waals surface area contributed by atoms with Crippen molar-refractivity contribution < 1.29 is 4.74 Å². The highest BCUT2D eigenvalue weighted by atomic mass is 16.5. The van der Waals surface area contributed by atoms with Gasteiger partial charge in [0.25, 0.3) is 0 Å². The summed E-state index contributed by atoms with van der Waals surface area (Å²) < 4.78 is 5.50. The summed E-state index contributed by atoms with van der Waals surface area (Å²) in [6.45, 7) is 18.8. The molecule has 0 spiro atoms. The van der Waals surface area contributed by atoms with Gasteiger partial charge >= 0.3 is 0 Å². The number of hydrogen-bond donors (Lipinski definition) is 0. The summed E-state index contributed by atoms with van der Waals surface area (Å²) in [5.41, 5.74) is 4.62. The van der Waals surface area contributed by atoms with E-state index >= 15 is 0 Å². The van der Waals surface area contributed by atoms with Crippen LogP contribution in [0.15, 0.2) is 23.0 Å². The number of morpholine rings is 1. The lowest BCUT2D eigenvalue weighted by atomic mass is 9.82. The normalized spacial score (nSPS) is 26.3. The molecular weight excluding hydrogens is 260 g/mol. The van der Waals surface area contributed by atoms with Crippen molar-refractivity contribution in [1.29, 1.82) is 0 Å². The van der Waals surface area contributed by atoms with Gasteiger partial charge in [0, 0.05) is 43.5 Å². The third-order valence-corrected chi connectivity index (χ3v) is 5.16. The van der Waals surface area contributed by atoms with E-state index in [1.165, 1.54) is 5.70 Å². The van der Waals surface area contributed by atoms with Gasteiger partial charge in [0.2, 0.25) is 0 Å². The first-order chi connectivity index (χ1) is 9.97. The molecule has 21 heavy (non-hydrogen) atoms. The average molecular weight is 292 g/mol. The smallest absolute Gasteiger partial charge is 0.0594 e. The van der Waals surface area contributed by atoms with Crippen LogP contribution in [0.25, 0.3) is 0 Å². The Kier molecular flexibility index (Phi) is 5.50. The fraction of sp³-hybridized carbons (Fsp3) is 0.778. The lowest BCUT2D eigenvalue weighted by Crippen LogP contribution is -2.46. The molecule has 0 aliphatic carbocycles. The van der Waals surface area contributed by atoms with E-state index in [9.17, 15) is 0 Å². The Hall–Kier alpha value is -0.800. The molecule has 2 aliphatic heterocycles. The van der Waals surface area contributed by atoms with E-state index in [1.54, 1.807) is 11.1 Å². The van der Waals surface area contributed by atoms with Crippen molar-refractivity contribution in [1.82, 2.24) is 9.80 Å². The van der Waals surface area contributed by atoms with E-state index in [2.05, 4.69) is 57.5 Å². The number of rotatable bonds is 4. The zero-order valence-corrected chi connectivity index (χ0v) is 14.6. The van der Waals surface area contributed by atoms with Crippen molar-refractivity contribution in [2.45, 2.75) is 47.6 Å². The van der Waals surface area contributed by atoms with Gasteiger partial charge in [-0.15, -0.1) is 0 Å². The third kappa shape index (κ3) is 3.35. The molecule has 0 N–H and O–H groups in total. The van der Waals surface area contributed by atoms with Gasteiger partial charge < -0.3 is 9.64 Å². The molecule has 3 nitrogen and oxygen atoms in total. The van der Waals surface area contributed by atoms with Gasteiger partial charge in [-0.05, 0) is 37.8 Å². The molecule has 120 valence electrons. The Morgan fingerprint density at radius 3 is 2.38 bits per heavy atom. The van der Waals surface area contributed by atoms with Crippen LogP contribution in [0.4, 0.5) is 0 Å². The van der Waals surface area contributed by atoms with E-state index in [0.717, 1.165) is 32.8 Å². The fourth-order valence-corrected chi connectivity index (χ4v) is 3.68. The van der Waals surface area contributed by atoms with Crippen molar-refractivity contribution in [2.75, 3.05) is 32.8 Å². The number of ether oxygens (including phenoxy) is 1. The average Bonchev–Trinajstić information content (AvgIpc) is 2.49. The van der Waals surface area contributed by atoms with Crippen LogP contribution < -0.4 is 0 Å². The summed E-state index contributed by atoms with van der Waals surface area (Å²) in [6.07, 6.45) is 2.41. The lowest BCUT2D eigenvalue weighted by Gasteiger charge is -2.42. The minimum atomic E-state index is 0.473. The first-order valence-electron chi connectivity index (χ1n) is 8.48. The number of hydrogen-bond acceptors (Lipinski definition) is 3. The molecule has 3 heteroatoms. The van der Waals surface area contributed by atoms with Crippen molar-refractivity contribution in [3.8, 4) is 0 Å². The molecule has 0 amide bonds. The lowest BCUT2D eigenvalue weighted by molar-refractivity contribution is 0.0225. The predicted octanol–water partition coefficient (Wildman–Crippen LogP) is 3.49. The minimum Gasteiger partial charge on any atom is -0.379 e. The minimum absolute atomic E-state index is 0.473. The second-order valence-corrected chi connectivity index (χ2v) is 6.68. The van der Waals surface area contributed by atoms with E-state index in [0.29, 0.717) is 17.9 Å². The van der Waals surface area contributed by atoms with E-state index in [1.807, 2.05) is 0 Å². The molecule has 2 atom stereocenters. The van der Waals surface area contributed by atoms with Crippen molar-refractivity contribution >= 4 is 0 Å². The Labute approximate surface area is 130 Å².